The number of pyridine rings is 1. The molecule has 0 aliphatic heterocycles. The van der Waals surface area contributed by atoms with E-state index in [0.717, 1.165) is 11.1 Å². The van der Waals surface area contributed by atoms with E-state index in [4.69, 9.17) is 11.1 Å². The number of hydrogen-bond acceptors (Lipinski definition) is 5. The SMILES string of the molecule is C=Cc1cnc(N)c(C(=N)c2ccccc2)c1.CNC(C)CCSC. The summed E-state index contributed by atoms with van der Waals surface area (Å²) < 4.78 is 0. The van der Waals surface area contributed by atoms with E-state index < -0.39 is 0 Å². The molecule has 1 heterocycles. The van der Waals surface area contributed by atoms with Crippen LogP contribution in [0.3, 0.4) is 0 Å². The monoisotopic (exact) mass is 356 g/mol. The minimum atomic E-state index is 0.365. The van der Waals surface area contributed by atoms with Gasteiger partial charge in [0.05, 0.1) is 5.71 Å². The van der Waals surface area contributed by atoms with Crippen molar-refractivity contribution in [1.29, 1.82) is 5.41 Å². The lowest BCUT2D eigenvalue weighted by Gasteiger charge is -2.07. The first kappa shape index (κ1) is 20.9. The summed E-state index contributed by atoms with van der Waals surface area (Å²) in [5.41, 5.74) is 8.48. The van der Waals surface area contributed by atoms with E-state index in [1.807, 2.05) is 55.2 Å². The van der Waals surface area contributed by atoms with Gasteiger partial charge in [-0.15, -0.1) is 0 Å². The molecule has 4 nitrogen and oxygen atoms in total. The van der Waals surface area contributed by atoms with Gasteiger partial charge in [0, 0.05) is 23.4 Å². The topological polar surface area (TPSA) is 74.8 Å². The maximum Gasteiger partial charge on any atom is 0.132 e. The molecule has 4 N–H and O–H groups in total. The first-order valence-electron chi connectivity index (χ1n) is 8.22. The molecule has 0 amide bonds. The number of benzene rings is 1. The molecule has 1 unspecified atom stereocenters. The van der Waals surface area contributed by atoms with Crippen molar-refractivity contribution in [3.63, 3.8) is 0 Å². The maximum atomic E-state index is 8.13. The van der Waals surface area contributed by atoms with Gasteiger partial charge in [-0.3, -0.25) is 5.41 Å². The van der Waals surface area contributed by atoms with Crippen molar-refractivity contribution in [3.05, 3.63) is 65.9 Å². The van der Waals surface area contributed by atoms with Gasteiger partial charge in [-0.05, 0) is 44.0 Å². The number of anilines is 1. The van der Waals surface area contributed by atoms with Crippen molar-refractivity contribution < 1.29 is 0 Å². The van der Waals surface area contributed by atoms with Gasteiger partial charge < -0.3 is 11.1 Å². The van der Waals surface area contributed by atoms with Gasteiger partial charge >= 0.3 is 0 Å². The van der Waals surface area contributed by atoms with Crippen LogP contribution in [0.1, 0.15) is 30.0 Å². The van der Waals surface area contributed by atoms with Crippen LogP contribution in [0.2, 0.25) is 0 Å². The standard InChI is InChI=1S/C14H13N3.C6H15NS/c1-2-10-8-12(14(16)17-9-10)13(15)11-6-4-3-5-7-11;1-6(7-2)4-5-8-3/h2-9,15H,1H2,(H2,16,17);6-7H,4-5H2,1-3H3. The zero-order valence-electron chi connectivity index (χ0n) is 15.3. The molecule has 0 spiro atoms. The number of hydrogen-bond donors (Lipinski definition) is 3. The maximum absolute atomic E-state index is 8.13. The average molecular weight is 357 g/mol. The number of nitrogen functional groups attached to an aromatic ring is 1. The molecule has 5 heteroatoms. The molecule has 2 rings (SSSR count). The molecular formula is C20H28N4S. The van der Waals surface area contributed by atoms with Crippen LogP contribution in [0.15, 0.2) is 49.2 Å². The van der Waals surface area contributed by atoms with E-state index in [1.165, 1.54) is 12.2 Å². The van der Waals surface area contributed by atoms with Crippen LogP contribution in [0.4, 0.5) is 5.82 Å². The quantitative estimate of drug-likeness (QED) is 0.654. The molecule has 0 fully saturated rings. The summed E-state index contributed by atoms with van der Waals surface area (Å²) in [5, 5.41) is 11.3. The Morgan fingerprint density at radius 3 is 2.64 bits per heavy atom. The van der Waals surface area contributed by atoms with E-state index >= 15 is 0 Å². The fourth-order valence-electron chi connectivity index (χ4n) is 2.00. The van der Waals surface area contributed by atoms with Crippen molar-refractivity contribution in [2.75, 3.05) is 24.8 Å². The van der Waals surface area contributed by atoms with E-state index in [2.05, 4.69) is 30.1 Å². The van der Waals surface area contributed by atoms with E-state index in [1.54, 1.807) is 12.3 Å². The second-order valence-corrected chi connectivity index (χ2v) is 6.60. The number of aromatic nitrogens is 1. The Kier molecular flexibility index (Phi) is 9.58. The van der Waals surface area contributed by atoms with Gasteiger partial charge in [-0.1, -0.05) is 43.0 Å². The predicted octanol–water partition coefficient (Wildman–Crippen LogP) is 4.07. The lowest BCUT2D eigenvalue weighted by atomic mass is 10.0. The Hall–Kier alpha value is -2.11. The molecule has 0 saturated carbocycles. The fraction of sp³-hybridized carbons (Fsp3) is 0.300. The van der Waals surface area contributed by atoms with Crippen LogP contribution in [-0.2, 0) is 0 Å². The average Bonchev–Trinajstić information content (AvgIpc) is 2.67. The number of nitrogens with zero attached hydrogens (tertiary/aromatic N) is 1. The molecule has 0 bridgehead atoms. The fourth-order valence-corrected chi connectivity index (χ4v) is 2.59. The van der Waals surface area contributed by atoms with Gasteiger partial charge in [-0.25, -0.2) is 4.98 Å². The first-order chi connectivity index (χ1) is 12.0. The molecule has 0 saturated heterocycles. The molecule has 25 heavy (non-hydrogen) atoms. The summed E-state index contributed by atoms with van der Waals surface area (Å²) in [6.07, 6.45) is 6.75. The summed E-state index contributed by atoms with van der Waals surface area (Å²) in [5.74, 6) is 1.63. The highest BCUT2D eigenvalue weighted by Gasteiger charge is 2.09. The van der Waals surface area contributed by atoms with Gasteiger partial charge in [0.2, 0.25) is 0 Å². The predicted molar refractivity (Wildman–Crippen MR) is 113 cm³/mol. The van der Waals surface area contributed by atoms with Crippen LogP contribution in [-0.4, -0.2) is 35.8 Å². The van der Waals surface area contributed by atoms with Crippen molar-refractivity contribution in [1.82, 2.24) is 10.3 Å². The largest absolute Gasteiger partial charge is 0.383 e. The molecule has 1 aromatic heterocycles. The zero-order chi connectivity index (χ0) is 18.7. The summed E-state index contributed by atoms with van der Waals surface area (Å²) in [6.45, 7) is 5.89. The van der Waals surface area contributed by atoms with Crippen LogP contribution in [0, 0.1) is 5.41 Å². The lowest BCUT2D eigenvalue weighted by Crippen LogP contribution is -2.21. The molecule has 134 valence electrons. The first-order valence-corrected chi connectivity index (χ1v) is 9.61. The van der Waals surface area contributed by atoms with Crippen LogP contribution < -0.4 is 11.1 Å². The van der Waals surface area contributed by atoms with Gasteiger partial charge in [0.1, 0.15) is 5.82 Å². The van der Waals surface area contributed by atoms with Crippen molar-refractivity contribution >= 4 is 29.4 Å². The molecular weight excluding hydrogens is 328 g/mol. The van der Waals surface area contributed by atoms with Gasteiger partial charge in [0.15, 0.2) is 0 Å². The molecule has 0 radical (unpaired) electrons. The number of nitrogens with one attached hydrogen (secondary N) is 2. The van der Waals surface area contributed by atoms with Crippen LogP contribution in [0.25, 0.3) is 6.08 Å². The highest BCUT2D eigenvalue weighted by Crippen LogP contribution is 2.16. The molecule has 0 aliphatic rings. The molecule has 2 aromatic rings. The second kappa shape index (κ2) is 11.4. The van der Waals surface area contributed by atoms with Gasteiger partial charge in [-0.2, -0.15) is 11.8 Å². The van der Waals surface area contributed by atoms with Crippen LogP contribution in [0.5, 0.6) is 0 Å². The minimum absolute atomic E-state index is 0.365. The third-order valence-corrected chi connectivity index (χ3v) is 4.40. The minimum Gasteiger partial charge on any atom is -0.383 e. The summed E-state index contributed by atoms with van der Waals surface area (Å²) >= 11 is 1.91. The smallest absolute Gasteiger partial charge is 0.132 e. The van der Waals surface area contributed by atoms with E-state index in [0.29, 0.717) is 23.1 Å². The number of nitrogens with two attached hydrogens (primary N) is 1. The van der Waals surface area contributed by atoms with Crippen molar-refractivity contribution in [2.24, 2.45) is 0 Å². The van der Waals surface area contributed by atoms with Crippen molar-refractivity contribution in [2.45, 2.75) is 19.4 Å². The Bertz CT molecular complexity index is 671. The van der Waals surface area contributed by atoms with Crippen molar-refractivity contribution in [3.8, 4) is 0 Å². The second-order valence-electron chi connectivity index (χ2n) is 5.62. The molecule has 1 atom stereocenters. The summed E-state index contributed by atoms with van der Waals surface area (Å²) in [6, 6.07) is 12.0. The normalized spacial score (nSPS) is 11.2. The number of rotatable bonds is 7. The Labute approximate surface area is 155 Å². The third-order valence-electron chi connectivity index (χ3n) is 3.75. The summed E-state index contributed by atoms with van der Waals surface area (Å²) in [4.78, 5) is 4.06. The van der Waals surface area contributed by atoms with Gasteiger partial charge in [0.25, 0.3) is 0 Å². The van der Waals surface area contributed by atoms with E-state index in [-0.39, 0.29) is 0 Å². The zero-order valence-corrected chi connectivity index (χ0v) is 16.1. The number of thioether (sulfide) groups is 1. The molecule has 0 aliphatic carbocycles. The van der Waals surface area contributed by atoms with Crippen LogP contribution >= 0.6 is 11.8 Å². The Morgan fingerprint density at radius 1 is 1.40 bits per heavy atom. The van der Waals surface area contributed by atoms with E-state index in [9.17, 15) is 0 Å². The Morgan fingerprint density at radius 2 is 2.08 bits per heavy atom. The highest BCUT2D eigenvalue weighted by atomic mass is 32.2. The lowest BCUT2D eigenvalue weighted by molar-refractivity contribution is 0.598. The third kappa shape index (κ3) is 7.11. The molecule has 1 aromatic carbocycles. The summed E-state index contributed by atoms with van der Waals surface area (Å²) in [7, 11) is 2.00. The Balaban J connectivity index is 0.000000333. The highest BCUT2D eigenvalue weighted by molar-refractivity contribution is 7.98.